The van der Waals surface area contributed by atoms with Gasteiger partial charge in [-0.25, -0.2) is 0 Å². The highest BCUT2D eigenvalue weighted by molar-refractivity contribution is 8.00. The third kappa shape index (κ3) is 14.2. The highest BCUT2D eigenvalue weighted by atomic mass is 32.2. The van der Waals surface area contributed by atoms with Crippen LogP contribution in [0.3, 0.4) is 0 Å². The van der Waals surface area contributed by atoms with Gasteiger partial charge in [-0.2, -0.15) is 0 Å². The van der Waals surface area contributed by atoms with E-state index in [2.05, 4.69) is 10.6 Å². The molecule has 0 heterocycles. The summed E-state index contributed by atoms with van der Waals surface area (Å²) in [6, 6.07) is 0. The van der Waals surface area contributed by atoms with Gasteiger partial charge in [-0.05, 0) is 33.6 Å². The molecule has 0 bridgehead atoms. The number of hydrogen-bond acceptors (Lipinski definition) is 7. The highest BCUT2D eigenvalue weighted by Gasteiger charge is 2.22. The van der Waals surface area contributed by atoms with E-state index in [4.69, 9.17) is 9.84 Å². The number of carbonyl (C=O) groups is 5. The molecule has 0 aliphatic heterocycles. The van der Waals surface area contributed by atoms with E-state index < -0.39 is 30.2 Å². The summed E-state index contributed by atoms with van der Waals surface area (Å²) in [6.45, 7) is 4.79. The van der Waals surface area contributed by atoms with Gasteiger partial charge >= 0.3 is 5.97 Å². The van der Waals surface area contributed by atoms with E-state index in [1.54, 1.807) is 0 Å². The molecule has 0 aliphatic carbocycles. The third-order valence-electron chi connectivity index (χ3n) is 3.67. The molecule has 0 spiro atoms. The van der Waals surface area contributed by atoms with Gasteiger partial charge in [-0.15, -0.1) is 11.8 Å². The van der Waals surface area contributed by atoms with E-state index in [1.165, 1.54) is 18.7 Å². The molecule has 0 aromatic heterocycles. The lowest BCUT2D eigenvalue weighted by Crippen LogP contribution is -2.41. The van der Waals surface area contributed by atoms with Gasteiger partial charge in [0.15, 0.2) is 0 Å². The molecule has 2 atom stereocenters. The van der Waals surface area contributed by atoms with Crippen LogP contribution >= 0.6 is 11.8 Å². The molecule has 3 N–H and O–H groups in total. The average Bonchev–Trinajstić information content (AvgIpc) is 2.61. The molecule has 0 fully saturated rings. The lowest BCUT2D eigenvalue weighted by Gasteiger charge is -2.17. The molecule has 2 amide bonds. The van der Waals surface area contributed by atoms with Crippen molar-refractivity contribution in [2.45, 2.75) is 51.9 Å². The number of carboxylic acid groups (broad SMARTS) is 1. The van der Waals surface area contributed by atoms with Crippen molar-refractivity contribution in [3.8, 4) is 0 Å². The number of ketones is 2. The Balaban J connectivity index is 4.60. The first-order valence-electron chi connectivity index (χ1n) is 9.16. The van der Waals surface area contributed by atoms with Crippen LogP contribution in [-0.4, -0.2) is 65.3 Å². The number of carbonyl (C=O) groups excluding carboxylic acids is 4. The maximum Gasteiger partial charge on any atom is 0.322 e. The van der Waals surface area contributed by atoms with Gasteiger partial charge in [-0.1, -0.05) is 0 Å². The minimum absolute atomic E-state index is 0.000345. The van der Waals surface area contributed by atoms with E-state index >= 15 is 0 Å². The SMILES string of the molecule is CCOC(C)SCC(=O)CC(CCCC(C)=O)C(=O)NCC(=O)NCC(=O)O. The fraction of sp³-hybridized carbons (Fsp3) is 0.722. The molecule has 0 aromatic carbocycles. The number of aliphatic carboxylic acids is 1. The normalized spacial score (nSPS) is 12.7. The number of hydrogen-bond donors (Lipinski definition) is 3. The predicted molar refractivity (Wildman–Crippen MR) is 105 cm³/mol. The lowest BCUT2D eigenvalue weighted by molar-refractivity contribution is -0.138. The molecule has 2 unspecified atom stereocenters. The fourth-order valence-corrected chi connectivity index (χ4v) is 3.07. The Labute approximate surface area is 169 Å². The molecule has 160 valence electrons. The number of thioether (sulfide) groups is 1. The van der Waals surface area contributed by atoms with Crippen LogP contribution in [0, 0.1) is 5.92 Å². The number of ether oxygens (including phenoxy) is 1. The largest absolute Gasteiger partial charge is 0.480 e. The van der Waals surface area contributed by atoms with Crippen LogP contribution in [0.1, 0.15) is 46.5 Å². The second-order valence-electron chi connectivity index (χ2n) is 6.26. The summed E-state index contributed by atoms with van der Waals surface area (Å²) in [7, 11) is 0. The molecular weight excluding hydrogens is 388 g/mol. The number of rotatable bonds is 16. The van der Waals surface area contributed by atoms with Crippen LogP contribution in [0.2, 0.25) is 0 Å². The average molecular weight is 419 g/mol. The maximum atomic E-state index is 12.4. The van der Waals surface area contributed by atoms with Gasteiger partial charge in [0.1, 0.15) is 23.5 Å². The Hall–Kier alpha value is -1.94. The standard InChI is InChI=1S/C18H30N2O7S/c1-4-27-13(3)28-11-15(22)8-14(7-5-6-12(2)21)18(26)20-9-16(23)19-10-17(24)25/h13-14H,4-11H2,1-3H3,(H,19,23)(H,20,26)(H,24,25). The third-order valence-corrected chi connectivity index (χ3v) is 4.76. The van der Waals surface area contributed by atoms with Crippen molar-refractivity contribution in [2.75, 3.05) is 25.4 Å². The topological polar surface area (TPSA) is 139 Å². The molecular formula is C18H30N2O7S. The Morgan fingerprint density at radius 3 is 2.36 bits per heavy atom. The first-order valence-corrected chi connectivity index (χ1v) is 10.2. The summed E-state index contributed by atoms with van der Waals surface area (Å²) >= 11 is 1.34. The van der Waals surface area contributed by atoms with E-state index in [0.717, 1.165) is 0 Å². The first-order chi connectivity index (χ1) is 13.1. The Morgan fingerprint density at radius 2 is 1.79 bits per heavy atom. The molecule has 0 rings (SSSR count). The Kier molecular flexibility index (Phi) is 14.0. The Bertz CT molecular complexity index is 554. The van der Waals surface area contributed by atoms with Crippen molar-refractivity contribution in [2.24, 2.45) is 5.92 Å². The van der Waals surface area contributed by atoms with Gasteiger partial charge in [0, 0.05) is 25.4 Å². The van der Waals surface area contributed by atoms with E-state index in [1.807, 2.05) is 13.8 Å². The van der Waals surface area contributed by atoms with Crippen LogP contribution in [0.5, 0.6) is 0 Å². The van der Waals surface area contributed by atoms with E-state index in [-0.39, 0.29) is 35.7 Å². The van der Waals surface area contributed by atoms with Gasteiger partial charge in [0.05, 0.1) is 12.3 Å². The predicted octanol–water partition coefficient (Wildman–Crippen LogP) is 0.754. The summed E-state index contributed by atoms with van der Waals surface area (Å²) in [4.78, 5) is 57.6. The van der Waals surface area contributed by atoms with Crippen molar-refractivity contribution in [1.29, 1.82) is 0 Å². The van der Waals surface area contributed by atoms with Crippen LogP contribution < -0.4 is 10.6 Å². The number of nitrogens with one attached hydrogen (secondary N) is 2. The van der Waals surface area contributed by atoms with E-state index in [9.17, 15) is 24.0 Å². The van der Waals surface area contributed by atoms with Gasteiger partial charge in [-0.3, -0.25) is 19.2 Å². The van der Waals surface area contributed by atoms with Gasteiger partial charge < -0.3 is 25.3 Å². The van der Waals surface area contributed by atoms with Crippen LogP contribution in [0.4, 0.5) is 0 Å². The quantitative estimate of drug-likeness (QED) is 0.312. The van der Waals surface area contributed by atoms with Crippen molar-refractivity contribution < 1.29 is 33.8 Å². The van der Waals surface area contributed by atoms with E-state index in [0.29, 0.717) is 25.9 Å². The fourth-order valence-electron chi connectivity index (χ4n) is 2.30. The molecule has 10 heteroatoms. The van der Waals surface area contributed by atoms with Gasteiger partial charge in [0.25, 0.3) is 0 Å². The molecule has 0 radical (unpaired) electrons. The summed E-state index contributed by atoms with van der Waals surface area (Å²) in [5.74, 6) is -2.85. The summed E-state index contributed by atoms with van der Waals surface area (Å²) in [5.41, 5.74) is -0.128. The number of amides is 2. The molecule has 0 aliphatic rings. The molecule has 28 heavy (non-hydrogen) atoms. The van der Waals surface area contributed by atoms with Gasteiger partial charge in [0.2, 0.25) is 11.8 Å². The highest BCUT2D eigenvalue weighted by Crippen LogP contribution is 2.18. The summed E-state index contributed by atoms with van der Waals surface area (Å²) in [5, 5.41) is 13.1. The zero-order valence-electron chi connectivity index (χ0n) is 16.6. The maximum absolute atomic E-state index is 12.4. The van der Waals surface area contributed by atoms with Crippen molar-refractivity contribution in [3.05, 3.63) is 0 Å². The monoisotopic (exact) mass is 418 g/mol. The second kappa shape index (κ2) is 15.0. The van der Waals surface area contributed by atoms with Crippen LogP contribution in [0.15, 0.2) is 0 Å². The molecule has 9 nitrogen and oxygen atoms in total. The van der Waals surface area contributed by atoms with Crippen molar-refractivity contribution in [1.82, 2.24) is 10.6 Å². The Morgan fingerprint density at radius 1 is 1.11 bits per heavy atom. The smallest absolute Gasteiger partial charge is 0.322 e. The van der Waals surface area contributed by atoms with Crippen molar-refractivity contribution in [3.63, 3.8) is 0 Å². The van der Waals surface area contributed by atoms with Crippen LogP contribution in [0.25, 0.3) is 0 Å². The minimum Gasteiger partial charge on any atom is -0.480 e. The second-order valence-corrected chi connectivity index (χ2v) is 7.54. The summed E-state index contributed by atoms with van der Waals surface area (Å²) < 4.78 is 5.35. The number of carboxylic acids is 1. The first kappa shape index (κ1) is 26.1. The number of Topliss-reactive ketones (excluding diaryl/α,β-unsaturated/α-hetero) is 2. The summed E-state index contributed by atoms with van der Waals surface area (Å²) in [6.07, 6.45) is 1.13. The zero-order valence-corrected chi connectivity index (χ0v) is 17.4. The zero-order chi connectivity index (χ0) is 21.5. The van der Waals surface area contributed by atoms with Crippen LogP contribution in [-0.2, 0) is 28.7 Å². The molecule has 0 saturated carbocycles. The van der Waals surface area contributed by atoms with Crippen molar-refractivity contribution >= 4 is 41.1 Å². The molecule has 0 saturated heterocycles. The molecule has 0 aromatic rings. The minimum atomic E-state index is -1.19. The lowest BCUT2D eigenvalue weighted by atomic mass is 9.95.